The third kappa shape index (κ3) is 4.66. The first-order chi connectivity index (χ1) is 12.1. The van der Waals surface area contributed by atoms with Crippen molar-refractivity contribution in [3.05, 3.63) is 47.0 Å². The number of ether oxygens (including phenoxy) is 1. The Bertz CT molecular complexity index is 897. The van der Waals surface area contributed by atoms with E-state index in [9.17, 15) is 21.6 Å². The molecule has 0 spiro atoms. The molecule has 0 aliphatic carbocycles. The second-order valence-corrected chi connectivity index (χ2v) is 8.84. The fourth-order valence-corrected chi connectivity index (χ4v) is 5.16. The molecule has 0 heterocycles. The Morgan fingerprint density at radius 3 is 2.27 bits per heavy atom. The largest absolute Gasteiger partial charge is 0.495 e. The highest BCUT2D eigenvalue weighted by molar-refractivity contribution is 8.00. The molecule has 142 valence electrons. The van der Waals surface area contributed by atoms with Gasteiger partial charge >= 0.3 is 6.18 Å². The van der Waals surface area contributed by atoms with Crippen molar-refractivity contribution >= 4 is 33.2 Å². The lowest BCUT2D eigenvalue weighted by Crippen LogP contribution is -2.16. The molecule has 0 bridgehead atoms. The number of sulfone groups is 1. The molecule has 26 heavy (non-hydrogen) atoms. The molecule has 2 aromatic carbocycles. The highest BCUT2D eigenvalue weighted by Crippen LogP contribution is 2.38. The van der Waals surface area contributed by atoms with Crippen LogP contribution in [0.25, 0.3) is 11.1 Å². The van der Waals surface area contributed by atoms with Crippen molar-refractivity contribution in [2.24, 2.45) is 0 Å². The third-order valence-corrected chi connectivity index (χ3v) is 6.60. The van der Waals surface area contributed by atoms with E-state index in [0.717, 1.165) is 12.1 Å². The zero-order chi connectivity index (χ0) is 19.5. The van der Waals surface area contributed by atoms with Crippen LogP contribution in [0.1, 0.15) is 5.56 Å². The number of rotatable bonds is 6. The zero-order valence-corrected chi connectivity index (χ0v) is 16.3. The zero-order valence-electron chi connectivity index (χ0n) is 13.9. The summed E-state index contributed by atoms with van der Waals surface area (Å²) in [4.78, 5) is -0.706. The molecule has 0 saturated heterocycles. The van der Waals surface area contributed by atoms with Gasteiger partial charge in [-0.3, -0.25) is 0 Å². The molecule has 0 atom stereocenters. The lowest BCUT2D eigenvalue weighted by molar-refractivity contribution is -0.139. The predicted molar refractivity (Wildman–Crippen MR) is 98.9 cm³/mol. The first kappa shape index (κ1) is 20.9. The van der Waals surface area contributed by atoms with Crippen LogP contribution in [0.15, 0.2) is 41.3 Å². The van der Waals surface area contributed by atoms with Crippen LogP contribution in [0.4, 0.5) is 13.2 Å². The van der Waals surface area contributed by atoms with Crippen LogP contribution in [-0.4, -0.2) is 33.3 Å². The van der Waals surface area contributed by atoms with Crippen molar-refractivity contribution < 1.29 is 26.3 Å². The summed E-state index contributed by atoms with van der Waals surface area (Å²) < 4.78 is 70.0. The molecule has 0 saturated carbocycles. The average Bonchev–Trinajstić information content (AvgIpc) is 2.58. The summed E-state index contributed by atoms with van der Waals surface area (Å²) >= 11 is 7.28. The molecule has 0 aliphatic rings. The topological polar surface area (TPSA) is 43.4 Å². The molecular formula is C17H16ClF3O3S2. The molecule has 2 aromatic rings. The smallest absolute Gasteiger partial charge is 0.417 e. The SMILES string of the molecule is COc1ccc(-c2ccc(S(=O)(=O)CCSC)c(C(F)(F)F)c2)cc1Cl. The van der Waals surface area contributed by atoms with Crippen LogP contribution in [0.5, 0.6) is 5.75 Å². The fourth-order valence-electron chi connectivity index (χ4n) is 2.35. The Morgan fingerprint density at radius 2 is 1.73 bits per heavy atom. The van der Waals surface area contributed by atoms with Crippen LogP contribution in [-0.2, 0) is 16.0 Å². The fraction of sp³-hybridized carbons (Fsp3) is 0.294. The van der Waals surface area contributed by atoms with Gasteiger partial charge in [0.15, 0.2) is 9.84 Å². The minimum atomic E-state index is -4.80. The Hall–Kier alpha value is -1.38. The van der Waals surface area contributed by atoms with Crippen molar-refractivity contribution in [2.75, 3.05) is 24.9 Å². The summed E-state index contributed by atoms with van der Waals surface area (Å²) in [6.45, 7) is 0. The number of methoxy groups -OCH3 is 1. The molecule has 3 nitrogen and oxygen atoms in total. The number of hydrogen-bond acceptors (Lipinski definition) is 4. The van der Waals surface area contributed by atoms with Gasteiger partial charge in [0.25, 0.3) is 0 Å². The van der Waals surface area contributed by atoms with E-state index >= 15 is 0 Å². The Balaban J connectivity index is 2.58. The molecule has 0 N–H and O–H groups in total. The van der Waals surface area contributed by atoms with Crippen molar-refractivity contribution in [2.45, 2.75) is 11.1 Å². The van der Waals surface area contributed by atoms with E-state index in [1.807, 2.05) is 0 Å². The molecule has 0 amide bonds. The van der Waals surface area contributed by atoms with Crippen molar-refractivity contribution in [3.63, 3.8) is 0 Å². The van der Waals surface area contributed by atoms with Gasteiger partial charge in [0.2, 0.25) is 0 Å². The summed E-state index contributed by atoms with van der Waals surface area (Å²) in [6, 6.07) is 7.75. The molecule has 0 aromatic heterocycles. The standard InChI is InChI=1S/C17H16ClF3O3S2/c1-24-15-5-3-12(10-14(15)18)11-4-6-16(13(9-11)17(19,20)21)26(22,23)8-7-25-2/h3-6,9-10H,7-8H2,1-2H3. The first-order valence-corrected chi connectivity index (χ1v) is 10.8. The van der Waals surface area contributed by atoms with Gasteiger partial charge in [0.05, 0.1) is 28.3 Å². The summed E-state index contributed by atoms with van der Waals surface area (Å²) in [7, 11) is -2.61. The average molecular weight is 425 g/mol. The van der Waals surface area contributed by atoms with Gasteiger partial charge in [-0.1, -0.05) is 23.7 Å². The van der Waals surface area contributed by atoms with Crippen molar-refractivity contribution in [1.29, 1.82) is 0 Å². The van der Waals surface area contributed by atoms with Gasteiger partial charge < -0.3 is 4.74 Å². The Morgan fingerprint density at radius 1 is 1.12 bits per heavy atom. The Labute approximate surface area is 159 Å². The number of alkyl halides is 3. The number of hydrogen-bond donors (Lipinski definition) is 0. The summed E-state index contributed by atoms with van der Waals surface area (Å²) in [5.74, 6) is 0.253. The minimum absolute atomic E-state index is 0.214. The maximum Gasteiger partial charge on any atom is 0.417 e. The first-order valence-electron chi connectivity index (χ1n) is 7.37. The lowest BCUT2D eigenvalue weighted by atomic mass is 10.0. The van der Waals surface area contributed by atoms with E-state index in [4.69, 9.17) is 16.3 Å². The second kappa shape index (κ2) is 8.10. The van der Waals surface area contributed by atoms with E-state index < -0.39 is 26.5 Å². The Kier molecular flexibility index (Phi) is 6.52. The van der Waals surface area contributed by atoms with Crippen molar-refractivity contribution in [1.82, 2.24) is 0 Å². The van der Waals surface area contributed by atoms with E-state index in [-0.39, 0.29) is 22.1 Å². The quantitative estimate of drug-likeness (QED) is 0.641. The van der Waals surface area contributed by atoms with E-state index in [1.165, 1.54) is 37.1 Å². The second-order valence-electron chi connectivity index (χ2n) is 5.37. The van der Waals surface area contributed by atoms with Gasteiger partial charge in [-0.15, -0.1) is 0 Å². The molecule has 2 rings (SSSR count). The van der Waals surface area contributed by atoms with Gasteiger partial charge in [-0.25, -0.2) is 8.42 Å². The highest BCUT2D eigenvalue weighted by Gasteiger charge is 2.37. The van der Waals surface area contributed by atoms with Crippen LogP contribution >= 0.6 is 23.4 Å². The summed E-state index contributed by atoms with van der Waals surface area (Å²) in [6.07, 6.45) is -3.11. The number of halogens is 4. The predicted octanol–water partition coefficient (Wildman–Crippen LogP) is 5.17. The van der Waals surface area contributed by atoms with Crippen molar-refractivity contribution in [3.8, 4) is 16.9 Å². The minimum Gasteiger partial charge on any atom is -0.495 e. The van der Waals surface area contributed by atoms with Gasteiger partial charge in [0.1, 0.15) is 5.75 Å². The maximum absolute atomic E-state index is 13.5. The highest BCUT2D eigenvalue weighted by atomic mass is 35.5. The molecule has 9 heteroatoms. The van der Waals surface area contributed by atoms with Gasteiger partial charge in [-0.2, -0.15) is 24.9 Å². The molecule has 0 aliphatic heterocycles. The van der Waals surface area contributed by atoms with Crippen LogP contribution < -0.4 is 4.74 Å². The van der Waals surface area contributed by atoms with E-state index in [1.54, 1.807) is 12.3 Å². The maximum atomic E-state index is 13.5. The van der Waals surface area contributed by atoms with Crippen LogP contribution in [0, 0.1) is 0 Å². The number of thioether (sulfide) groups is 1. The van der Waals surface area contributed by atoms with Gasteiger partial charge in [-0.05, 0) is 41.6 Å². The van der Waals surface area contributed by atoms with E-state index in [0.29, 0.717) is 11.3 Å². The normalized spacial score (nSPS) is 12.2. The monoisotopic (exact) mass is 424 g/mol. The van der Waals surface area contributed by atoms with Gasteiger partial charge in [0, 0.05) is 5.75 Å². The number of benzene rings is 2. The summed E-state index contributed by atoms with van der Waals surface area (Å²) in [5, 5.41) is 0.246. The molecule has 0 unspecified atom stereocenters. The summed E-state index contributed by atoms with van der Waals surface area (Å²) in [5.41, 5.74) is -0.539. The lowest BCUT2D eigenvalue weighted by Gasteiger charge is -2.15. The van der Waals surface area contributed by atoms with E-state index in [2.05, 4.69) is 0 Å². The van der Waals surface area contributed by atoms with Crippen LogP contribution in [0.3, 0.4) is 0 Å². The van der Waals surface area contributed by atoms with Crippen LogP contribution in [0.2, 0.25) is 5.02 Å². The molecule has 0 fully saturated rings. The molecule has 0 radical (unpaired) electrons. The molecular weight excluding hydrogens is 409 g/mol. The third-order valence-electron chi connectivity index (χ3n) is 3.66.